The highest BCUT2D eigenvalue weighted by atomic mass is 32.2. The molecule has 0 aromatic carbocycles. The minimum Gasteiger partial charge on any atom is -0.480 e. The van der Waals surface area contributed by atoms with Gasteiger partial charge >= 0.3 is 5.97 Å². The third-order valence-electron chi connectivity index (χ3n) is 5.67. The fraction of sp³-hybridized carbons (Fsp3) is 0.882. The van der Waals surface area contributed by atoms with Gasteiger partial charge in [-0.3, -0.25) is 14.5 Å². The summed E-state index contributed by atoms with van der Waals surface area (Å²) in [7, 11) is -3.34. The van der Waals surface area contributed by atoms with Crippen LogP contribution in [0.4, 0.5) is 0 Å². The van der Waals surface area contributed by atoms with Crippen molar-refractivity contribution in [1.82, 2.24) is 10.2 Å². The molecular formula is C17H28N2O5S. The average Bonchev–Trinajstić information content (AvgIpc) is 3.10. The lowest BCUT2D eigenvalue weighted by atomic mass is 9.85. The van der Waals surface area contributed by atoms with Crippen molar-refractivity contribution in [2.24, 2.45) is 5.92 Å². The predicted molar refractivity (Wildman–Crippen MR) is 92.9 cm³/mol. The second-order valence-electron chi connectivity index (χ2n) is 7.87. The Morgan fingerprint density at radius 1 is 1.08 bits per heavy atom. The van der Waals surface area contributed by atoms with Gasteiger partial charge in [-0.25, -0.2) is 8.42 Å². The molecule has 3 fully saturated rings. The zero-order valence-electron chi connectivity index (χ0n) is 14.5. The van der Waals surface area contributed by atoms with E-state index in [2.05, 4.69) is 5.32 Å². The van der Waals surface area contributed by atoms with Crippen molar-refractivity contribution >= 4 is 21.7 Å². The summed E-state index contributed by atoms with van der Waals surface area (Å²) in [6.45, 7) is 0.853. The molecule has 142 valence electrons. The number of carboxylic acid groups (broad SMARTS) is 1. The van der Waals surface area contributed by atoms with Crippen molar-refractivity contribution in [3.63, 3.8) is 0 Å². The number of carbonyl (C=O) groups excluding carboxylic acids is 1. The zero-order chi connectivity index (χ0) is 18.0. The lowest BCUT2D eigenvalue weighted by Crippen LogP contribution is -2.56. The predicted octanol–water partition coefficient (Wildman–Crippen LogP) is 0.788. The maximum absolute atomic E-state index is 12.2. The molecule has 0 aromatic rings. The second-order valence-corrected chi connectivity index (χ2v) is 10.2. The van der Waals surface area contributed by atoms with E-state index in [1.54, 1.807) is 0 Å². The molecule has 0 aromatic heterocycles. The maximum atomic E-state index is 12.2. The molecular weight excluding hydrogens is 344 g/mol. The van der Waals surface area contributed by atoms with Crippen LogP contribution in [0.1, 0.15) is 51.4 Å². The van der Waals surface area contributed by atoms with Crippen molar-refractivity contribution in [3.8, 4) is 0 Å². The van der Waals surface area contributed by atoms with E-state index in [1.807, 2.05) is 4.90 Å². The van der Waals surface area contributed by atoms with Crippen LogP contribution in [-0.2, 0) is 19.4 Å². The fourth-order valence-electron chi connectivity index (χ4n) is 3.97. The molecule has 2 N–H and O–H groups in total. The highest BCUT2D eigenvalue weighted by molar-refractivity contribution is 7.92. The van der Waals surface area contributed by atoms with E-state index < -0.39 is 27.5 Å². The Kier molecular flexibility index (Phi) is 5.68. The number of carbonyl (C=O) groups is 2. The Hall–Kier alpha value is -1.15. The lowest BCUT2D eigenvalue weighted by Gasteiger charge is -2.42. The third kappa shape index (κ3) is 5.17. The number of rotatable bonds is 9. The second kappa shape index (κ2) is 7.61. The van der Waals surface area contributed by atoms with Crippen molar-refractivity contribution in [2.45, 2.75) is 68.7 Å². The molecule has 0 radical (unpaired) electrons. The minimum absolute atomic E-state index is 0.0354. The average molecular weight is 372 g/mol. The van der Waals surface area contributed by atoms with Crippen molar-refractivity contribution < 1.29 is 23.1 Å². The molecule has 0 saturated heterocycles. The van der Waals surface area contributed by atoms with E-state index in [1.165, 1.54) is 12.8 Å². The monoisotopic (exact) mass is 372 g/mol. The number of hydrogen-bond acceptors (Lipinski definition) is 5. The van der Waals surface area contributed by atoms with E-state index in [4.69, 9.17) is 5.11 Å². The molecule has 0 heterocycles. The number of carboxylic acids is 1. The third-order valence-corrected chi connectivity index (χ3v) is 7.82. The Morgan fingerprint density at radius 3 is 2.28 bits per heavy atom. The molecule has 1 amide bonds. The Labute approximate surface area is 149 Å². The minimum atomic E-state index is -3.34. The number of hydrogen-bond donors (Lipinski definition) is 2. The molecule has 3 rings (SSSR count). The van der Waals surface area contributed by atoms with Gasteiger partial charge in [0.25, 0.3) is 0 Å². The Balaban J connectivity index is 1.42. The van der Waals surface area contributed by atoms with Crippen LogP contribution in [-0.4, -0.2) is 66.5 Å². The summed E-state index contributed by atoms with van der Waals surface area (Å²) in [5, 5.41) is 11.5. The van der Waals surface area contributed by atoms with Crippen LogP contribution in [0.2, 0.25) is 0 Å². The molecule has 3 aliphatic carbocycles. The smallest absolute Gasteiger partial charge is 0.317 e. The largest absolute Gasteiger partial charge is 0.480 e. The van der Waals surface area contributed by atoms with Gasteiger partial charge in [0.1, 0.15) is 5.75 Å². The van der Waals surface area contributed by atoms with Gasteiger partial charge in [0.05, 0.1) is 11.8 Å². The molecule has 3 saturated carbocycles. The molecule has 0 aliphatic heterocycles. The maximum Gasteiger partial charge on any atom is 0.317 e. The van der Waals surface area contributed by atoms with Gasteiger partial charge in [0.15, 0.2) is 9.84 Å². The van der Waals surface area contributed by atoms with Gasteiger partial charge in [-0.15, -0.1) is 0 Å². The van der Waals surface area contributed by atoms with Crippen LogP contribution in [0.5, 0.6) is 0 Å². The standard InChI is InChI=1S/C17H28N2O5S/c20-16(11-25(23,24)15-3-1-2-4-15)18-13-7-14(8-13)19(10-17(21)22)9-12-5-6-12/h12-15H,1-11H2,(H,18,20)(H,21,22). The van der Waals surface area contributed by atoms with Gasteiger partial charge in [-0.2, -0.15) is 0 Å². The van der Waals surface area contributed by atoms with Gasteiger partial charge < -0.3 is 10.4 Å². The zero-order valence-corrected chi connectivity index (χ0v) is 15.3. The Bertz CT molecular complexity index is 605. The van der Waals surface area contributed by atoms with Crippen molar-refractivity contribution in [3.05, 3.63) is 0 Å². The molecule has 0 spiro atoms. The lowest BCUT2D eigenvalue weighted by molar-refractivity contribution is -0.140. The summed E-state index contributed by atoms with van der Waals surface area (Å²) in [5.41, 5.74) is 0. The summed E-state index contributed by atoms with van der Waals surface area (Å²) in [6, 6.07) is 0.139. The SMILES string of the molecule is O=C(O)CN(CC1CC1)C1CC(NC(=O)CS(=O)(=O)C2CCCC2)C1. The molecule has 0 unspecified atom stereocenters. The van der Waals surface area contributed by atoms with Crippen LogP contribution in [0.25, 0.3) is 0 Å². The molecule has 8 heteroatoms. The first-order valence-corrected chi connectivity index (χ1v) is 11.0. The normalized spacial score (nSPS) is 27.2. The summed E-state index contributed by atoms with van der Waals surface area (Å²) in [6.07, 6.45) is 6.94. The van der Waals surface area contributed by atoms with Crippen LogP contribution < -0.4 is 5.32 Å². The first-order valence-electron chi connectivity index (χ1n) is 9.30. The van der Waals surface area contributed by atoms with E-state index in [-0.39, 0.29) is 23.9 Å². The Morgan fingerprint density at radius 2 is 1.72 bits per heavy atom. The van der Waals surface area contributed by atoms with Gasteiger partial charge in [-0.05, 0) is 44.4 Å². The van der Waals surface area contributed by atoms with Gasteiger partial charge in [-0.1, -0.05) is 12.8 Å². The molecule has 0 bridgehead atoms. The van der Waals surface area contributed by atoms with Crippen molar-refractivity contribution in [1.29, 1.82) is 0 Å². The summed E-state index contributed by atoms with van der Waals surface area (Å²) in [4.78, 5) is 25.1. The highest BCUT2D eigenvalue weighted by Gasteiger charge is 2.38. The van der Waals surface area contributed by atoms with E-state index in [0.29, 0.717) is 31.6 Å². The first kappa shape index (κ1) is 18.6. The first-order chi connectivity index (χ1) is 11.8. The molecule has 7 nitrogen and oxygen atoms in total. The highest BCUT2D eigenvalue weighted by Crippen LogP contribution is 2.33. The summed E-state index contributed by atoms with van der Waals surface area (Å²) >= 11 is 0. The van der Waals surface area contributed by atoms with E-state index in [9.17, 15) is 18.0 Å². The number of aliphatic carboxylic acids is 1. The topological polar surface area (TPSA) is 104 Å². The quantitative estimate of drug-likeness (QED) is 0.620. The summed E-state index contributed by atoms with van der Waals surface area (Å²) in [5.74, 6) is -1.04. The number of nitrogens with zero attached hydrogens (tertiary/aromatic N) is 1. The van der Waals surface area contributed by atoms with Gasteiger partial charge in [0, 0.05) is 18.6 Å². The van der Waals surface area contributed by atoms with Crippen LogP contribution >= 0.6 is 0 Å². The van der Waals surface area contributed by atoms with E-state index in [0.717, 1.165) is 19.4 Å². The number of sulfone groups is 1. The van der Waals surface area contributed by atoms with Gasteiger partial charge in [0.2, 0.25) is 5.91 Å². The van der Waals surface area contributed by atoms with Crippen LogP contribution in [0, 0.1) is 5.92 Å². The molecule has 0 atom stereocenters. The van der Waals surface area contributed by atoms with Crippen LogP contribution in [0.3, 0.4) is 0 Å². The molecule has 25 heavy (non-hydrogen) atoms. The summed E-state index contributed by atoms with van der Waals surface area (Å²) < 4.78 is 24.4. The molecule has 3 aliphatic rings. The number of nitrogens with one attached hydrogen (secondary N) is 1. The van der Waals surface area contributed by atoms with Crippen molar-refractivity contribution in [2.75, 3.05) is 18.8 Å². The number of amides is 1. The fourth-order valence-corrected chi connectivity index (χ4v) is 5.71. The van der Waals surface area contributed by atoms with Crippen LogP contribution in [0.15, 0.2) is 0 Å². The van der Waals surface area contributed by atoms with E-state index >= 15 is 0 Å².